The van der Waals surface area contributed by atoms with Crippen molar-refractivity contribution >= 4 is 39.2 Å². The largest absolute Gasteiger partial charge is 0.481 e. The van der Waals surface area contributed by atoms with E-state index in [1.807, 2.05) is 44.4 Å². The third kappa shape index (κ3) is 5.18. The van der Waals surface area contributed by atoms with Crippen LogP contribution in [0.5, 0.6) is 5.75 Å². The molecule has 8 heteroatoms. The van der Waals surface area contributed by atoms with Crippen molar-refractivity contribution in [2.24, 2.45) is 0 Å². The molecule has 186 valence electrons. The van der Waals surface area contributed by atoms with Crippen LogP contribution >= 0.6 is 11.3 Å². The van der Waals surface area contributed by atoms with Crippen LogP contribution in [0.25, 0.3) is 22.1 Å². The first-order chi connectivity index (χ1) is 17.2. The number of ether oxygens (including phenoxy) is 2. The summed E-state index contributed by atoms with van der Waals surface area (Å²) >= 11 is 1.25. The third-order valence-corrected chi connectivity index (χ3v) is 6.83. The number of benzene rings is 2. The number of carbonyl (C=O) groups is 2. The number of rotatable bonds is 7. The predicted molar refractivity (Wildman–Crippen MR) is 141 cm³/mol. The summed E-state index contributed by atoms with van der Waals surface area (Å²) in [4.78, 5) is 37.6. The second-order valence-corrected chi connectivity index (χ2v) is 9.41. The predicted octanol–water partition coefficient (Wildman–Crippen LogP) is 6.03. The van der Waals surface area contributed by atoms with Gasteiger partial charge in [-0.25, -0.2) is 9.59 Å². The average Bonchev–Trinajstić information content (AvgIpc) is 3.24. The molecular formula is C28H27NO6S. The van der Waals surface area contributed by atoms with Gasteiger partial charge in [0.1, 0.15) is 21.9 Å². The number of hydrogen-bond donors (Lipinski definition) is 1. The zero-order chi connectivity index (χ0) is 26.0. The van der Waals surface area contributed by atoms with Crippen molar-refractivity contribution in [3.8, 4) is 16.9 Å². The Morgan fingerprint density at radius 3 is 2.53 bits per heavy atom. The molecule has 0 aliphatic heterocycles. The molecule has 0 spiro atoms. The van der Waals surface area contributed by atoms with E-state index in [0.717, 1.165) is 27.6 Å². The molecule has 2 heterocycles. The van der Waals surface area contributed by atoms with E-state index in [9.17, 15) is 14.4 Å². The first-order valence-corrected chi connectivity index (χ1v) is 12.4. The van der Waals surface area contributed by atoms with E-state index in [4.69, 9.17) is 13.9 Å². The van der Waals surface area contributed by atoms with E-state index < -0.39 is 23.6 Å². The minimum absolute atomic E-state index is 0.214. The molecular weight excluding hydrogens is 478 g/mol. The summed E-state index contributed by atoms with van der Waals surface area (Å²) in [5, 5.41) is 5.84. The van der Waals surface area contributed by atoms with Crippen molar-refractivity contribution in [1.82, 2.24) is 0 Å². The Balaban J connectivity index is 1.58. The second-order valence-electron chi connectivity index (χ2n) is 8.53. The lowest BCUT2D eigenvalue weighted by molar-refractivity contribution is -0.122. The lowest BCUT2D eigenvalue weighted by Crippen LogP contribution is -2.30. The minimum atomic E-state index is -0.888. The van der Waals surface area contributed by atoms with Gasteiger partial charge in [0, 0.05) is 28.5 Å². The van der Waals surface area contributed by atoms with Gasteiger partial charge in [0.2, 0.25) is 0 Å². The van der Waals surface area contributed by atoms with Gasteiger partial charge in [0.15, 0.2) is 6.10 Å². The van der Waals surface area contributed by atoms with Crippen LogP contribution in [-0.2, 0) is 9.53 Å². The van der Waals surface area contributed by atoms with Crippen molar-refractivity contribution in [3.63, 3.8) is 0 Å². The molecule has 1 amide bonds. The Morgan fingerprint density at radius 2 is 1.81 bits per heavy atom. The molecule has 4 aromatic rings. The van der Waals surface area contributed by atoms with Gasteiger partial charge in [-0.15, -0.1) is 11.3 Å². The molecule has 1 atom stereocenters. The topological polar surface area (TPSA) is 94.8 Å². The van der Waals surface area contributed by atoms with Gasteiger partial charge in [-0.05, 0) is 69.0 Å². The van der Waals surface area contributed by atoms with Gasteiger partial charge in [-0.2, -0.15) is 0 Å². The lowest BCUT2D eigenvalue weighted by Gasteiger charge is -2.15. The van der Waals surface area contributed by atoms with Crippen LogP contribution < -0.4 is 15.7 Å². The number of thiophene rings is 1. The van der Waals surface area contributed by atoms with Crippen LogP contribution in [0.3, 0.4) is 0 Å². The fraction of sp³-hybridized carbons (Fsp3) is 0.250. The molecule has 0 fully saturated rings. The molecule has 36 heavy (non-hydrogen) atoms. The number of esters is 1. The normalized spacial score (nSPS) is 11.8. The van der Waals surface area contributed by atoms with E-state index in [0.29, 0.717) is 27.5 Å². The molecule has 0 aliphatic carbocycles. The fourth-order valence-electron chi connectivity index (χ4n) is 3.83. The highest BCUT2D eigenvalue weighted by Gasteiger charge is 2.25. The molecule has 0 aliphatic rings. The summed E-state index contributed by atoms with van der Waals surface area (Å²) in [5.74, 6) is -0.554. The number of anilines is 1. The number of aryl methyl sites for hydroxylation is 3. The van der Waals surface area contributed by atoms with Gasteiger partial charge in [-0.1, -0.05) is 18.2 Å². The summed E-state index contributed by atoms with van der Waals surface area (Å²) in [6.45, 7) is 9.41. The minimum Gasteiger partial charge on any atom is -0.481 e. The summed E-state index contributed by atoms with van der Waals surface area (Å²) < 4.78 is 16.4. The third-order valence-electron chi connectivity index (χ3n) is 5.93. The summed E-state index contributed by atoms with van der Waals surface area (Å²) in [7, 11) is 0. The maximum atomic E-state index is 13.0. The molecule has 0 radical (unpaired) electrons. The molecule has 0 saturated carbocycles. The maximum Gasteiger partial charge on any atom is 0.341 e. The smallest absolute Gasteiger partial charge is 0.341 e. The molecule has 1 N–H and O–H groups in total. The first-order valence-electron chi connectivity index (χ1n) is 11.6. The van der Waals surface area contributed by atoms with E-state index in [1.165, 1.54) is 17.4 Å². The first kappa shape index (κ1) is 25.2. The zero-order valence-electron chi connectivity index (χ0n) is 20.8. The molecule has 1 unspecified atom stereocenters. The Hall–Kier alpha value is -3.91. The van der Waals surface area contributed by atoms with E-state index in [1.54, 1.807) is 32.0 Å². The lowest BCUT2D eigenvalue weighted by atomic mass is 9.99. The average molecular weight is 506 g/mol. The second kappa shape index (κ2) is 10.4. The summed E-state index contributed by atoms with van der Waals surface area (Å²) in [6.07, 6.45) is -0.888. The summed E-state index contributed by atoms with van der Waals surface area (Å²) in [6, 6.07) is 12.5. The number of hydrogen-bond acceptors (Lipinski definition) is 7. The number of fused-ring (bicyclic) bond motifs is 1. The Kier molecular flexibility index (Phi) is 7.26. The Morgan fingerprint density at radius 1 is 1.03 bits per heavy atom. The van der Waals surface area contributed by atoms with Crippen molar-refractivity contribution in [1.29, 1.82) is 0 Å². The van der Waals surface area contributed by atoms with Crippen molar-refractivity contribution in [3.05, 3.63) is 80.5 Å². The monoisotopic (exact) mass is 505 g/mol. The van der Waals surface area contributed by atoms with Gasteiger partial charge in [0.05, 0.1) is 6.61 Å². The van der Waals surface area contributed by atoms with Gasteiger partial charge >= 0.3 is 11.6 Å². The van der Waals surface area contributed by atoms with Gasteiger partial charge < -0.3 is 19.2 Å². The van der Waals surface area contributed by atoms with E-state index >= 15 is 0 Å². The SMILES string of the molecule is CCOC(=O)c1c(-c2ccc(C)c(C)c2)csc1NC(=O)C(C)Oc1ccc2c(C)cc(=O)oc2c1. The number of nitrogens with one attached hydrogen (secondary N) is 1. The fourth-order valence-corrected chi connectivity index (χ4v) is 4.79. The van der Waals surface area contributed by atoms with Crippen LogP contribution in [0.4, 0.5) is 5.00 Å². The number of amides is 1. The standard InChI is InChI=1S/C28H27NO6S/c1-6-33-28(32)25-22(19-8-7-15(2)16(3)11-19)14-36-27(25)29-26(31)18(5)34-20-9-10-21-17(4)12-24(30)35-23(21)13-20/h7-14,18H,6H2,1-5H3,(H,29,31). The highest BCUT2D eigenvalue weighted by atomic mass is 32.1. The number of carbonyl (C=O) groups excluding carboxylic acids is 2. The van der Waals surface area contributed by atoms with Crippen LogP contribution in [0.1, 0.15) is 40.9 Å². The highest BCUT2D eigenvalue weighted by molar-refractivity contribution is 7.15. The van der Waals surface area contributed by atoms with Crippen LogP contribution in [0.2, 0.25) is 0 Å². The van der Waals surface area contributed by atoms with Gasteiger partial charge in [0.25, 0.3) is 5.91 Å². The molecule has 0 saturated heterocycles. The quantitative estimate of drug-likeness (QED) is 0.243. The van der Waals surface area contributed by atoms with E-state index in [2.05, 4.69) is 5.32 Å². The zero-order valence-corrected chi connectivity index (χ0v) is 21.6. The van der Waals surface area contributed by atoms with Crippen molar-refractivity contribution in [2.75, 3.05) is 11.9 Å². The van der Waals surface area contributed by atoms with E-state index in [-0.39, 0.29) is 6.61 Å². The summed E-state index contributed by atoms with van der Waals surface area (Å²) in [5.41, 5.74) is 4.85. The van der Waals surface area contributed by atoms with Crippen molar-refractivity contribution in [2.45, 2.75) is 40.7 Å². The maximum absolute atomic E-state index is 13.0. The van der Waals surface area contributed by atoms with Gasteiger partial charge in [-0.3, -0.25) is 4.79 Å². The highest BCUT2D eigenvalue weighted by Crippen LogP contribution is 2.37. The van der Waals surface area contributed by atoms with Crippen LogP contribution in [0, 0.1) is 20.8 Å². The van der Waals surface area contributed by atoms with Crippen LogP contribution in [0.15, 0.2) is 57.1 Å². The molecule has 7 nitrogen and oxygen atoms in total. The Bertz CT molecular complexity index is 1520. The van der Waals surface area contributed by atoms with Crippen LogP contribution in [-0.4, -0.2) is 24.6 Å². The molecule has 0 bridgehead atoms. The molecule has 2 aromatic carbocycles. The van der Waals surface area contributed by atoms with Crippen molar-refractivity contribution < 1.29 is 23.5 Å². The Labute approximate surface area is 212 Å². The molecule has 2 aromatic heterocycles. The molecule has 4 rings (SSSR count).